The van der Waals surface area contributed by atoms with Gasteiger partial charge in [-0.25, -0.2) is 0 Å². The third-order valence-corrected chi connectivity index (χ3v) is 12.7. The molecule has 0 saturated carbocycles. The number of para-hydroxylation sites is 2. The largest absolute Gasteiger partial charge is 0.456 e. The van der Waals surface area contributed by atoms with E-state index in [1.165, 1.54) is 49.4 Å². The molecular formula is C62H41NO. The zero-order valence-corrected chi connectivity index (χ0v) is 35.0. The number of fused-ring (bicyclic) bond motifs is 5. The quantitative estimate of drug-likeness (QED) is 0.152. The fraction of sp³-hybridized carbons (Fsp3) is 0. The van der Waals surface area contributed by atoms with Crippen molar-refractivity contribution >= 4 is 60.5 Å². The van der Waals surface area contributed by atoms with E-state index in [0.717, 1.165) is 66.8 Å². The Morgan fingerprint density at radius 3 is 1.48 bits per heavy atom. The van der Waals surface area contributed by atoms with Crippen molar-refractivity contribution in [2.45, 2.75) is 0 Å². The summed E-state index contributed by atoms with van der Waals surface area (Å²) in [5.41, 5.74) is 16.7. The fourth-order valence-electron chi connectivity index (χ4n) is 9.52. The van der Waals surface area contributed by atoms with Gasteiger partial charge in [0.15, 0.2) is 0 Å². The highest BCUT2D eigenvalue weighted by atomic mass is 16.3. The van der Waals surface area contributed by atoms with Gasteiger partial charge in [0, 0.05) is 27.7 Å². The van der Waals surface area contributed by atoms with Gasteiger partial charge in [-0.2, -0.15) is 0 Å². The summed E-state index contributed by atoms with van der Waals surface area (Å²) in [6, 6.07) is 89.7. The van der Waals surface area contributed by atoms with Crippen molar-refractivity contribution in [2.24, 2.45) is 0 Å². The van der Waals surface area contributed by atoms with Crippen LogP contribution in [0.15, 0.2) is 253 Å². The molecule has 0 atom stereocenters. The van der Waals surface area contributed by atoms with Crippen LogP contribution in [0.3, 0.4) is 0 Å². The van der Waals surface area contributed by atoms with Crippen LogP contribution in [0.4, 0.5) is 17.1 Å². The first-order chi connectivity index (χ1) is 31.7. The Labute approximate surface area is 372 Å². The van der Waals surface area contributed by atoms with Gasteiger partial charge in [-0.3, -0.25) is 0 Å². The summed E-state index contributed by atoms with van der Waals surface area (Å²) >= 11 is 0. The summed E-state index contributed by atoms with van der Waals surface area (Å²) in [6.07, 6.45) is 0. The first kappa shape index (κ1) is 37.3. The van der Waals surface area contributed by atoms with Crippen LogP contribution in [0, 0.1) is 0 Å². The molecule has 0 aliphatic carbocycles. The Balaban J connectivity index is 0.956. The molecule has 0 fully saturated rings. The Bertz CT molecular complexity index is 3660. The Hall–Kier alpha value is -8.46. The standard InChI is InChI=1S/C62H41NO/c1-3-21-53-44(13-1)15-11-25-55(53)46-31-29-42(30-32-46)43-33-36-51(37-34-43)63(60-27-7-5-23-57(60)50-35-38-59-58-24-6-8-28-61(58)64-62(59)41-50)52-20-10-18-48(40-52)47-17-9-19-49(39-47)56-26-12-16-45-14-2-4-22-54(45)56/h1-41H. The number of benzene rings is 11. The molecule has 0 spiro atoms. The molecule has 0 amide bonds. The summed E-state index contributed by atoms with van der Waals surface area (Å²) in [5.74, 6) is 0. The Morgan fingerprint density at radius 2 is 0.734 bits per heavy atom. The van der Waals surface area contributed by atoms with E-state index in [0.29, 0.717) is 0 Å². The Kier molecular flexibility index (Phi) is 9.20. The highest BCUT2D eigenvalue weighted by molar-refractivity contribution is 6.06. The minimum absolute atomic E-state index is 0.879. The summed E-state index contributed by atoms with van der Waals surface area (Å²) in [6.45, 7) is 0. The smallest absolute Gasteiger partial charge is 0.136 e. The third-order valence-electron chi connectivity index (χ3n) is 12.7. The molecule has 0 N–H and O–H groups in total. The number of rotatable bonds is 8. The van der Waals surface area contributed by atoms with Crippen molar-refractivity contribution in [1.82, 2.24) is 0 Å². The van der Waals surface area contributed by atoms with E-state index >= 15 is 0 Å². The van der Waals surface area contributed by atoms with Crippen LogP contribution in [-0.2, 0) is 0 Å². The van der Waals surface area contributed by atoms with Crippen LogP contribution in [0.2, 0.25) is 0 Å². The first-order valence-electron chi connectivity index (χ1n) is 21.9. The molecule has 12 rings (SSSR count). The van der Waals surface area contributed by atoms with Gasteiger partial charge in [0.1, 0.15) is 11.2 Å². The lowest BCUT2D eigenvalue weighted by molar-refractivity contribution is 0.669. The molecule has 2 nitrogen and oxygen atoms in total. The van der Waals surface area contributed by atoms with Crippen LogP contribution in [-0.4, -0.2) is 0 Å². The van der Waals surface area contributed by atoms with Crippen molar-refractivity contribution in [3.8, 4) is 55.6 Å². The first-order valence-corrected chi connectivity index (χ1v) is 21.9. The zero-order chi connectivity index (χ0) is 42.4. The van der Waals surface area contributed by atoms with E-state index < -0.39 is 0 Å². The van der Waals surface area contributed by atoms with E-state index in [2.05, 4.69) is 241 Å². The zero-order valence-electron chi connectivity index (χ0n) is 35.0. The molecule has 0 unspecified atom stereocenters. The summed E-state index contributed by atoms with van der Waals surface area (Å²) in [5, 5.41) is 7.26. The van der Waals surface area contributed by atoms with E-state index in [1.54, 1.807) is 0 Å². The lowest BCUT2D eigenvalue weighted by atomic mass is 9.95. The number of hydrogen-bond acceptors (Lipinski definition) is 2. The van der Waals surface area contributed by atoms with Crippen molar-refractivity contribution in [3.05, 3.63) is 249 Å². The molecule has 1 heterocycles. The maximum absolute atomic E-state index is 6.41. The van der Waals surface area contributed by atoms with E-state index in [1.807, 2.05) is 12.1 Å². The van der Waals surface area contributed by atoms with Gasteiger partial charge in [-0.15, -0.1) is 0 Å². The number of furan rings is 1. The predicted octanol–water partition coefficient (Wildman–Crippen LogP) is 17.7. The molecular weight excluding hydrogens is 775 g/mol. The molecule has 0 bridgehead atoms. The third kappa shape index (κ3) is 6.70. The van der Waals surface area contributed by atoms with Crippen LogP contribution < -0.4 is 4.90 Å². The Morgan fingerprint density at radius 1 is 0.250 bits per heavy atom. The molecule has 1 aromatic heterocycles. The van der Waals surface area contributed by atoms with E-state index in [9.17, 15) is 0 Å². The normalized spacial score (nSPS) is 11.4. The van der Waals surface area contributed by atoms with Gasteiger partial charge in [0.25, 0.3) is 0 Å². The number of hydrogen-bond donors (Lipinski definition) is 0. The SMILES string of the molecule is c1cc(-c2cccc(N(c3ccc(-c4ccc(-c5cccc6ccccc56)cc4)cc3)c3ccccc3-c3ccc4c(c3)oc3ccccc34)c2)cc(-c2cccc3ccccc23)c1. The topological polar surface area (TPSA) is 16.4 Å². The van der Waals surface area contributed by atoms with Gasteiger partial charge in [0.2, 0.25) is 0 Å². The molecule has 0 aliphatic rings. The molecule has 64 heavy (non-hydrogen) atoms. The van der Waals surface area contributed by atoms with Gasteiger partial charge in [-0.05, 0) is 126 Å². The second-order valence-corrected chi connectivity index (χ2v) is 16.5. The number of nitrogens with zero attached hydrogens (tertiary/aromatic N) is 1. The lowest BCUT2D eigenvalue weighted by Crippen LogP contribution is -2.11. The van der Waals surface area contributed by atoms with Crippen LogP contribution >= 0.6 is 0 Å². The minimum atomic E-state index is 0.879. The van der Waals surface area contributed by atoms with Crippen molar-refractivity contribution < 1.29 is 4.42 Å². The molecule has 0 radical (unpaired) electrons. The molecule has 0 saturated heterocycles. The molecule has 11 aromatic carbocycles. The highest BCUT2D eigenvalue weighted by Crippen LogP contribution is 2.44. The maximum atomic E-state index is 6.41. The molecule has 300 valence electrons. The van der Waals surface area contributed by atoms with Crippen LogP contribution in [0.25, 0.3) is 99.1 Å². The fourth-order valence-corrected chi connectivity index (χ4v) is 9.52. The average molecular weight is 816 g/mol. The highest BCUT2D eigenvalue weighted by Gasteiger charge is 2.19. The molecule has 2 heteroatoms. The van der Waals surface area contributed by atoms with Gasteiger partial charge in [0.05, 0.1) is 5.69 Å². The predicted molar refractivity (Wildman–Crippen MR) is 271 cm³/mol. The van der Waals surface area contributed by atoms with Crippen LogP contribution in [0.5, 0.6) is 0 Å². The van der Waals surface area contributed by atoms with E-state index in [-0.39, 0.29) is 0 Å². The summed E-state index contributed by atoms with van der Waals surface area (Å²) in [7, 11) is 0. The van der Waals surface area contributed by atoms with Crippen molar-refractivity contribution in [2.75, 3.05) is 4.90 Å². The van der Waals surface area contributed by atoms with E-state index in [4.69, 9.17) is 4.42 Å². The molecule has 0 aliphatic heterocycles. The van der Waals surface area contributed by atoms with Crippen molar-refractivity contribution in [1.29, 1.82) is 0 Å². The monoisotopic (exact) mass is 815 g/mol. The summed E-state index contributed by atoms with van der Waals surface area (Å²) in [4.78, 5) is 2.39. The summed E-state index contributed by atoms with van der Waals surface area (Å²) < 4.78 is 6.41. The lowest BCUT2D eigenvalue weighted by Gasteiger charge is -2.28. The molecule has 12 aromatic rings. The maximum Gasteiger partial charge on any atom is 0.136 e. The van der Waals surface area contributed by atoms with Gasteiger partial charge < -0.3 is 9.32 Å². The van der Waals surface area contributed by atoms with Gasteiger partial charge in [-0.1, -0.05) is 194 Å². The van der Waals surface area contributed by atoms with Crippen molar-refractivity contribution in [3.63, 3.8) is 0 Å². The van der Waals surface area contributed by atoms with Gasteiger partial charge >= 0.3 is 0 Å². The second kappa shape index (κ2) is 15.8. The van der Waals surface area contributed by atoms with Crippen LogP contribution in [0.1, 0.15) is 0 Å². The average Bonchev–Trinajstić information content (AvgIpc) is 3.75. The number of anilines is 3. The minimum Gasteiger partial charge on any atom is -0.456 e. The second-order valence-electron chi connectivity index (χ2n) is 16.5.